The number of carboxylic acid groups (broad SMARTS) is 2. The van der Waals surface area contributed by atoms with Crippen LogP contribution in [0.2, 0.25) is 0 Å². The molecule has 0 aliphatic carbocycles. The van der Waals surface area contributed by atoms with Crippen LogP contribution in [-0.4, -0.2) is 35.0 Å². The van der Waals surface area contributed by atoms with Gasteiger partial charge in [0, 0.05) is 11.9 Å². The molecule has 0 heterocycles. The summed E-state index contributed by atoms with van der Waals surface area (Å²) in [5.41, 5.74) is 0. The van der Waals surface area contributed by atoms with Crippen LogP contribution in [0.4, 0.5) is 0 Å². The van der Waals surface area contributed by atoms with Crippen molar-refractivity contribution in [2.24, 2.45) is 0 Å². The van der Waals surface area contributed by atoms with Crippen LogP contribution in [0, 0.1) is 0 Å². The largest absolute Gasteiger partial charge is 2.00 e. The average molecular weight is 252 g/mol. The molecule has 0 saturated heterocycles. The summed E-state index contributed by atoms with van der Waals surface area (Å²) in [6.45, 7) is 1.94. The van der Waals surface area contributed by atoms with Crippen molar-refractivity contribution < 1.29 is 19.8 Å². The van der Waals surface area contributed by atoms with Gasteiger partial charge in [-0.3, -0.25) is 0 Å². The van der Waals surface area contributed by atoms with Gasteiger partial charge in [0.25, 0.3) is 0 Å². The Labute approximate surface area is 105 Å². The van der Waals surface area contributed by atoms with Crippen LogP contribution in [0.25, 0.3) is 0 Å². The van der Waals surface area contributed by atoms with E-state index in [1.165, 1.54) is 0 Å². The molecule has 0 aliphatic heterocycles. The predicted molar refractivity (Wildman–Crippen MR) is 48.9 cm³/mol. The fraction of sp³-hybridized carbons (Fsp3) is 0.500. The van der Waals surface area contributed by atoms with Crippen LogP contribution in [0.15, 0.2) is 0 Å². The molecule has 0 amide bonds. The van der Waals surface area contributed by atoms with Crippen molar-refractivity contribution >= 4 is 72.2 Å². The first-order chi connectivity index (χ1) is 3.46. The van der Waals surface area contributed by atoms with Crippen LogP contribution in [0.5, 0.6) is 0 Å². The SMILES string of the molecule is CC(=O)[O-].CC(=O)[O-].Cl.Cl.Cl.[Mg+2]. The Kier molecular flexibility index (Phi) is 97.2. The van der Waals surface area contributed by atoms with Crippen LogP contribution in [0.3, 0.4) is 0 Å². The van der Waals surface area contributed by atoms with Gasteiger partial charge in [-0.2, -0.15) is 0 Å². The number of carbonyl (C=O) groups excluding carboxylic acids is 2. The smallest absolute Gasteiger partial charge is 0.550 e. The van der Waals surface area contributed by atoms with Crippen molar-refractivity contribution in [1.29, 1.82) is 0 Å². The zero-order chi connectivity index (χ0) is 7.15. The Morgan fingerprint density at radius 1 is 0.833 bits per heavy atom. The number of hydrogen-bond donors (Lipinski definition) is 0. The second-order valence-corrected chi connectivity index (χ2v) is 0.983. The molecule has 8 heteroatoms. The molecule has 12 heavy (non-hydrogen) atoms. The Balaban J connectivity index is -0.0000000112. The maximum atomic E-state index is 8.89. The van der Waals surface area contributed by atoms with E-state index in [1.54, 1.807) is 0 Å². The number of rotatable bonds is 0. The fourth-order valence-electron chi connectivity index (χ4n) is 0. The summed E-state index contributed by atoms with van der Waals surface area (Å²) in [7, 11) is 0. The third-order valence-corrected chi connectivity index (χ3v) is 0. The molecule has 0 atom stereocenters. The van der Waals surface area contributed by atoms with Gasteiger partial charge >= 0.3 is 23.1 Å². The molecule has 0 fully saturated rings. The molecule has 0 radical (unpaired) electrons. The van der Waals surface area contributed by atoms with Crippen molar-refractivity contribution in [3.05, 3.63) is 0 Å². The molecule has 0 bridgehead atoms. The van der Waals surface area contributed by atoms with Crippen molar-refractivity contribution in [3.8, 4) is 0 Å². The second-order valence-electron chi connectivity index (χ2n) is 0.983. The second kappa shape index (κ2) is 29.9. The van der Waals surface area contributed by atoms with Crippen molar-refractivity contribution in [1.82, 2.24) is 0 Å². The summed E-state index contributed by atoms with van der Waals surface area (Å²) in [5, 5.41) is 17.8. The van der Waals surface area contributed by atoms with Gasteiger partial charge in [-0.1, -0.05) is 0 Å². The quantitative estimate of drug-likeness (QED) is 0.486. The van der Waals surface area contributed by atoms with E-state index in [0.717, 1.165) is 13.8 Å². The molecule has 0 aromatic carbocycles. The van der Waals surface area contributed by atoms with Gasteiger partial charge in [-0.15, -0.1) is 37.2 Å². The number of carbonyl (C=O) groups is 2. The number of aliphatic carboxylic acids is 2. The van der Waals surface area contributed by atoms with Crippen LogP contribution in [-0.2, 0) is 9.59 Å². The van der Waals surface area contributed by atoms with E-state index in [0.29, 0.717) is 0 Å². The first-order valence-corrected chi connectivity index (χ1v) is 1.82. The predicted octanol–water partition coefficient (Wildman–Crippen LogP) is -1.60. The Morgan fingerprint density at radius 3 is 0.833 bits per heavy atom. The zero-order valence-corrected chi connectivity index (χ0v) is 10.4. The van der Waals surface area contributed by atoms with Gasteiger partial charge < -0.3 is 19.8 Å². The maximum Gasteiger partial charge on any atom is 2.00 e. The summed E-state index contributed by atoms with van der Waals surface area (Å²) < 4.78 is 0. The normalized spacial score (nSPS) is 4.17. The number of halogens is 3. The van der Waals surface area contributed by atoms with Crippen LogP contribution >= 0.6 is 37.2 Å². The standard InChI is InChI=1S/2C2H4O2.3ClH.Mg/c2*1-2(3)4;;;;/h2*1H3,(H,3,4);3*1H;/q;;;;;+2/p-2. The van der Waals surface area contributed by atoms with E-state index in [1.807, 2.05) is 0 Å². The van der Waals surface area contributed by atoms with Gasteiger partial charge in [0.15, 0.2) is 0 Å². The monoisotopic (exact) mass is 250 g/mol. The van der Waals surface area contributed by atoms with Gasteiger partial charge in [0.1, 0.15) is 0 Å². The third-order valence-electron chi connectivity index (χ3n) is 0. The molecular formula is C4H9Cl3MgO4. The fourth-order valence-corrected chi connectivity index (χ4v) is 0. The van der Waals surface area contributed by atoms with Gasteiger partial charge in [-0.25, -0.2) is 0 Å². The summed E-state index contributed by atoms with van der Waals surface area (Å²) in [6, 6.07) is 0. The third kappa shape index (κ3) is 2920. The van der Waals surface area contributed by atoms with Gasteiger partial charge in [-0.05, 0) is 13.8 Å². The van der Waals surface area contributed by atoms with E-state index in [-0.39, 0.29) is 60.3 Å². The first kappa shape index (κ1) is 39.0. The molecule has 0 unspecified atom stereocenters. The minimum Gasteiger partial charge on any atom is -0.550 e. The molecule has 0 aromatic rings. The van der Waals surface area contributed by atoms with E-state index in [9.17, 15) is 0 Å². The molecule has 0 aliphatic rings. The summed E-state index contributed by atoms with van der Waals surface area (Å²) in [4.78, 5) is 17.8. The number of carboxylic acids is 2. The molecule has 0 saturated carbocycles. The number of hydrogen-bond acceptors (Lipinski definition) is 4. The Bertz CT molecular complexity index is 80.3. The van der Waals surface area contributed by atoms with Gasteiger partial charge in [0.2, 0.25) is 0 Å². The summed E-state index contributed by atoms with van der Waals surface area (Å²) in [6.07, 6.45) is 0. The Hall–Kier alpha value is 0.576. The summed E-state index contributed by atoms with van der Waals surface area (Å²) >= 11 is 0. The molecule has 4 nitrogen and oxygen atoms in total. The molecule has 0 N–H and O–H groups in total. The maximum absolute atomic E-state index is 8.89. The molecule has 0 aromatic heterocycles. The zero-order valence-electron chi connectivity index (χ0n) is 6.56. The van der Waals surface area contributed by atoms with E-state index in [2.05, 4.69) is 0 Å². The minimum absolute atomic E-state index is 0. The minimum atomic E-state index is -1.08. The van der Waals surface area contributed by atoms with Crippen LogP contribution < -0.4 is 10.2 Å². The van der Waals surface area contributed by atoms with Crippen LogP contribution in [0.1, 0.15) is 13.8 Å². The molecule has 72 valence electrons. The average Bonchev–Trinajstić information content (AvgIpc) is 1.25. The van der Waals surface area contributed by atoms with E-state index >= 15 is 0 Å². The van der Waals surface area contributed by atoms with Crippen molar-refractivity contribution in [2.75, 3.05) is 0 Å². The topological polar surface area (TPSA) is 80.3 Å². The van der Waals surface area contributed by atoms with E-state index < -0.39 is 11.9 Å². The Morgan fingerprint density at radius 2 is 0.833 bits per heavy atom. The van der Waals surface area contributed by atoms with Gasteiger partial charge in [0.05, 0.1) is 0 Å². The van der Waals surface area contributed by atoms with Crippen molar-refractivity contribution in [2.45, 2.75) is 13.8 Å². The first-order valence-electron chi connectivity index (χ1n) is 1.82. The molecule has 0 rings (SSSR count). The summed E-state index contributed by atoms with van der Waals surface area (Å²) in [5.74, 6) is -2.17. The van der Waals surface area contributed by atoms with E-state index in [4.69, 9.17) is 19.8 Å². The van der Waals surface area contributed by atoms with Crippen molar-refractivity contribution in [3.63, 3.8) is 0 Å². The molecular weight excluding hydrogens is 243 g/mol. The molecule has 0 spiro atoms.